The molecule has 5 heteroatoms. The number of piperidine rings is 1. The molecule has 2 heterocycles. The van der Waals surface area contributed by atoms with Gasteiger partial charge in [0.1, 0.15) is 11.6 Å². The number of halogens is 1. The normalized spacial score (nSPS) is 20.9. The van der Waals surface area contributed by atoms with E-state index in [1.807, 2.05) is 6.07 Å². The van der Waals surface area contributed by atoms with E-state index in [1.54, 1.807) is 6.20 Å². The van der Waals surface area contributed by atoms with Crippen LogP contribution in [0.25, 0.3) is 0 Å². The Labute approximate surface area is 113 Å². The van der Waals surface area contributed by atoms with Gasteiger partial charge in [0.05, 0.1) is 0 Å². The van der Waals surface area contributed by atoms with Gasteiger partial charge in [-0.05, 0) is 38.1 Å². The lowest BCUT2D eigenvalue weighted by Crippen LogP contribution is -2.40. The first-order valence-electron chi connectivity index (χ1n) is 6.38. The number of rotatable bonds is 4. The molecule has 0 radical (unpaired) electrons. The van der Waals surface area contributed by atoms with E-state index in [0.717, 1.165) is 12.1 Å². The van der Waals surface area contributed by atoms with Crippen LogP contribution in [-0.4, -0.2) is 36.1 Å². The maximum absolute atomic E-state index is 6.11. The Bertz CT molecular complexity index is 400. The summed E-state index contributed by atoms with van der Waals surface area (Å²) in [5.41, 5.74) is 6.45. The highest BCUT2D eigenvalue weighted by Gasteiger charge is 2.20. The van der Waals surface area contributed by atoms with E-state index in [-0.39, 0.29) is 0 Å². The van der Waals surface area contributed by atoms with Crippen molar-refractivity contribution in [2.75, 3.05) is 20.2 Å². The Kier molecular flexibility index (Phi) is 4.80. The molecule has 0 saturated carbocycles. The monoisotopic (exact) mass is 269 g/mol. The van der Waals surface area contributed by atoms with Crippen LogP contribution in [-0.2, 0) is 6.54 Å². The van der Waals surface area contributed by atoms with E-state index < -0.39 is 0 Å². The fourth-order valence-corrected chi connectivity index (χ4v) is 2.46. The first-order valence-corrected chi connectivity index (χ1v) is 6.76. The number of nitrogens with two attached hydrogens (primary N) is 1. The predicted molar refractivity (Wildman–Crippen MR) is 72.9 cm³/mol. The summed E-state index contributed by atoms with van der Waals surface area (Å²) >= 11 is 6.11. The lowest BCUT2D eigenvalue weighted by molar-refractivity contribution is 0.122. The molecule has 0 bridgehead atoms. The minimum absolute atomic E-state index is 0.443. The van der Waals surface area contributed by atoms with Gasteiger partial charge in [0.25, 0.3) is 0 Å². The van der Waals surface area contributed by atoms with Gasteiger partial charge >= 0.3 is 0 Å². The van der Waals surface area contributed by atoms with Crippen molar-refractivity contribution in [3.05, 3.63) is 22.8 Å². The Hall–Kier alpha value is -0.840. The van der Waals surface area contributed by atoms with E-state index in [4.69, 9.17) is 22.1 Å². The van der Waals surface area contributed by atoms with Gasteiger partial charge in [0, 0.05) is 18.8 Å². The van der Waals surface area contributed by atoms with Crippen molar-refractivity contribution in [1.29, 1.82) is 0 Å². The molecule has 18 heavy (non-hydrogen) atoms. The minimum atomic E-state index is 0.443. The van der Waals surface area contributed by atoms with Crippen molar-refractivity contribution in [2.45, 2.75) is 31.8 Å². The standard InChI is InChI=1S/C13H20ClN3O/c1-17-5-3-2-4-11(17)9-18-13-12(14)6-10(7-15)8-16-13/h6,8,11H,2-5,7,9,15H2,1H3. The van der Waals surface area contributed by atoms with Gasteiger partial charge in [0.15, 0.2) is 0 Å². The van der Waals surface area contributed by atoms with Crippen LogP contribution in [0, 0.1) is 0 Å². The molecule has 1 aliphatic rings. The van der Waals surface area contributed by atoms with Crippen LogP contribution < -0.4 is 10.5 Å². The number of nitrogens with zero attached hydrogens (tertiary/aromatic N) is 2. The van der Waals surface area contributed by atoms with Gasteiger partial charge in [-0.1, -0.05) is 18.0 Å². The zero-order valence-electron chi connectivity index (χ0n) is 10.7. The summed E-state index contributed by atoms with van der Waals surface area (Å²) in [6, 6.07) is 2.28. The molecule has 1 unspecified atom stereocenters. The SMILES string of the molecule is CN1CCCCC1COc1ncc(CN)cc1Cl. The summed E-state index contributed by atoms with van der Waals surface area (Å²) in [6.45, 7) is 2.23. The van der Waals surface area contributed by atoms with Crippen molar-refractivity contribution in [3.63, 3.8) is 0 Å². The second kappa shape index (κ2) is 6.36. The first kappa shape index (κ1) is 13.6. The van der Waals surface area contributed by atoms with E-state index in [2.05, 4.69) is 16.9 Å². The van der Waals surface area contributed by atoms with Crippen molar-refractivity contribution >= 4 is 11.6 Å². The number of hydrogen-bond acceptors (Lipinski definition) is 4. The zero-order chi connectivity index (χ0) is 13.0. The third-order valence-corrected chi connectivity index (χ3v) is 3.70. The first-order chi connectivity index (χ1) is 8.70. The van der Waals surface area contributed by atoms with E-state index in [9.17, 15) is 0 Å². The largest absolute Gasteiger partial charge is 0.475 e. The summed E-state index contributed by atoms with van der Waals surface area (Å²) in [7, 11) is 2.14. The molecule has 0 aromatic carbocycles. The van der Waals surface area contributed by atoms with Gasteiger partial charge < -0.3 is 15.4 Å². The highest BCUT2D eigenvalue weighted by molar-refractivity contribution is 6.31. The summed E-state index contributed by atoms with van der Waals surface area (Å²) in [4.78, 5) is 6.54. The van der Waals surface area contributed by atoms with Crippen molar-refractivity contribution in [3.8, 4) is 5.88 Å². The second-order valence-corrected chi connectivity index (χ2v) is 5.18. The lowest BCUT2D eigenvalue weighted by atomic mass is 10.0. The van der Waals surface area contributed by atoms with Crippen LogP contribution in [0.4, 0.5) is 0 Å². The summed E-state index contributed by atoms with van der Waals surface area (Å²) in [5.74, 6) is 0.507. The molecule has 1 aromatic rings. The molecular weight excluding hydrogens is 250 g/mol. The predicted octanol–water partition coefficient (Wildman–Crippen LogP) is 2.06. The van der Waals surface area contributed by atoms with Crippen LogP contribution in [0.5, 0.6) is 5.88 Å². The van der Waals surface area contributed by atoms with Crippen LogP contribution in [0.15, 0.2) is 12.3 Å². The fraction of sp³-hybridized carbons (Fsp3) is 0.615. The zero-order valence-corrected chi connectivity index (χ0v) is 11.5. The average molecular weight is 270 g/mol. The maximum Gasteiger partial charge on any atom is 0.232 e. The molecular formula is C13H20ClN3O. The summed E-state index contributed by atoms with van der Waals surface area (Å²) in [5, 5.41) is 0.538. The summed E-state index contributed by atoms with van der Waals surface area (Å²) < 4.78 is 5.72. The minimum Gasteiger partial charge on any atom is -0.475 e. The molecule has 1 saturated heterocycles. The van der Waals surface area contributed by atoms with E-state index >= 15 is 0 Å². The number of likely N-dealkylation sites (N-methyl/N-ethyl adjacent to an activating group) is 1. The number of likely N-dealkylation sites (tertiary alicyclic amines) is 1. The van der Waals surface area contributed by atoms with Gasteiger partial charge in [-0.15, -0.1) is 0 Å². The van der Waals surface area contributed by atoms with Gasteiger partial charge in [-0.25, -0.2) is 4.98 Å². The lowest BCUT2D eigenvalue weighted by Gasteiger charge is -2.32. The third kappa shape index (κ3) is 3.34. The highest BCUT2D eigenvalue weighted by atomic mass is 35.5. The molecule has 0 spiro atoms. The molecule has 1 atom stereocenters. The molecule has 100 valence electrons. The van der Waals surface area contributed by atoms with Crippen LogP contribution in [0.2, 0.25) is 5.02 Å². The molecule has 2 N–H and O–H groups in total. The average Bonchev–Trinajstić information content (AvgIpc) is 2.39. The molecule has 4 nitrogen and oxygen atoms in total. The molecule has 1 aliphatic heterocycles. The quantitative estimate of drug-likeness (QED) is 0.909. The number of ether oxygens (including phenoxy) is 1. The van der Waals surface area contributed by atoms with Crippen molar-refractivity contribution < 1.29 is 4.74 Å². The molecule has 0 aliphatic carbocycles. The fourth-order valence-electron chi connectivity index (χ4n) is 2.21. The number of hydrogen-bond donors (Lipinski definition) is 1. The van der Waals surface area contributed by atoms with Crippen molar-refractivity contribution in [1.82, 2.24) is 9.88 Å². The Morgan fingerprint density at radius 2 is 2.39 bits per heavy atom. The summed E-state index contributed by atoms with van der Waals surface area (Å²) in [6.07, 6.45) is 5.43. The molecule has 0 amide bonds. The molecule has 2 rings (SSSR count). The Morgan fingerprint density at radius 3 is 3.06 bits per heavy atom. The van der Waals surface area contributed by atoms with E-state index in [0.29, 0.717) is 30.1 Å². The van der Waals surface area contributed by atoms with Crippen LogP contribution in [0.3, 0.4) is 0 Å². The molecule has 1 fully saturated rings. The van der Waals surface area contributed by atoms with Gasteiger partial charge in [0.2, 0.25) is 5.88 Å². The van der Waals surface area contributed by atoms with Gasteiger partial charge in [-0.2, -0.15) is 0 Å². The Morgan fingerprint density at radius 1 is 1.56 bits per heavy atom. The highest BCUT2D eigenvalue weighted by Crippen LogP contribution is 2.23. The topological polar surface area (TPSA) is 51.4 Å². The van der Waals surface area contributed by atoms with Crippen LogP contribution >= 0.6 is 11.6 Å². The van der Waals surface area contributed by atoms with Crippen molar-refractivity contribution in [2.24, 2.45) is 5.73 Å². The second-order valence-electron chi connectivity index (χ2n) is 4.78. The maximum atomic E-state index is 6.11. The van der Waals surface area contributed by atoms with Gasteiger partial charge in [-0.3, -0.25) is 0 Å². The third-order valence-electron chi connectivity index (χ3n) is 3.43. The van der Waals surface area contributed by atoms with E-state index in [1.165, 1.54) is 19.3 Å². The smallest absolute Gasteiger partial charge is 0.232 e. The number of pyridine rings is 1. The van der Waals surface area contributed by atoms with Crippen LogP contribution in [0.1, 0.15) is 24.8 Å². The molecule has 1 aromatic heterocycles. The Balaban J connectivity index is 1.93. The number of aromatic nitrogens is 1.